The molecule has 2 N–H and O–H groups in total. The monoisotopic (exact) mass is 327 g/mol. The molecule has 0 fully saturated rings. The van der Waals surface area contributed by atoms with Gasteiger partial charge in [0.25, 0.3) is 0 Å². The first-order valence-corrected chi connectivity index (χ1v) is 7.63. The molecule has 23 heavy (non-hydrogen) atoms. The summed E-state index contributed by atoms with van der Waals surface area (Å²) in [4.78, 5) is 28.0. The van der Waals surface area contributed by atoms with Crippen LogP contribution in [-0.2, 0) is 5.75 Å². The highest BCUT2D eigenvalue weighted by Crippen LogP contribution is 2.28. The second-order valence-corrected chi connectivity index (χ2v) is 5.86. The van der Waals surface area contributed by atoms with Gasteiger partial charge in [0, 0.05) is 27.9 Å². The maximum Gasteiger partial charge on any atom is 0.313 e. The van der Waals surface area contributed by atoms with E-state index in [1.807, 2.05) is 12.1 Å². The molecule has 0 atom stereocenters. The number of H-pyrrole nitrogens is 2. The number of halogens is 1. The fourth-order valence-corrected chi connectivity index (χ4v) is 2.99. The number of hydrogen-bond donors (Lipinski definition) is 2. The van der Waals surface area contributed by atoms with Crippen molar-refractivity contribution >= 4 is 22.5 Å². The van der Waals surface area contributed by atoms with Crippen molar-refractivity contribution < 1.29 is 4.39 Å². The van der Waals surface area contributed by atoms with Gasteiger partial charge in [-0.05, 0) is 23.6 Å². The Kier molecular flexibility index (Phi) is 4.00. The number of nitrogens with one attached hydrogen (secondary N) is 2. The predicted octanol–water partition coefficient (Wildman–Crippen LogP) is 2.52. The lowest BCUT2D eigenvalue weighted by Crippen LogP contribution is -2.29. The minimum absolute atomic E-state index is 0.0173. The van der Waals surface area contributed by atoms with E-state index < -0.39 is 16.9 Å². The molecule has 0 aliphatic carbocycles. The molecule has 7 heteroatoms. The van der Waals surface area contributed by atoms with Crippen molar-refractivity contribution in [3.05, 3.63) is 74.3 Å². The van der Waals surface area contributed by atoms with E-state index >= 15 is 0 Å². The lowest BCUT2D eigenvalue weighted by molar-refractivity contribution is 0.636. The van der Waals surface area contributed by atoms with Gasteiger partial charge in [0.1, 0.15) is 11.9 Å². The molecule has 0 amide bonds. The number of aromatic amines is 2. The molecule has 0 aliphatic rings. The Morgan fingerprint density at radius 3 is 2.74 bits per heavy atom. The van der Waals surface area contributed by atoms with Gasteiger partial charge in [-0.3, -0.25) is 9.59 Å². The standard InChI is InChI=1S/C16H10FN3O2S/c17-14-10(6-18)2-1-9-5-12(3-4-13(9)14)23-8-11-7-19-15(21)16(22)20-11/h1-5,7H,8H2,(H,19,21)(H,20,22). The Labute approximate surface area is 133 Å². The fraction of sp³-hybridized carbons (Fsp3) is 0.0625. The van der Waals surface area contributed by atoms with Crippen LogP contribution in [0.15, 0.2) is 51.0 Å². The smallest absolute Gasteiger partial charge is 0.313 e. The zero-order valence-electron chi connectivity index (χ0n) is 11.7. The average molecular weight is 327 g/mol. The van der Waals surface area contributed by atoms with E-state index in [0.29, 0.717) is 22.2 Å². The largest absolute Gasteiger partial charge is 0.323 e. The predicted molar refractivity (Wildman–Crippen MR) is 85.9 cm³/mol. The number of rotatable bonds is 3. The minimum Gasteiger partial charge on any atom is -0.323 e. The van der Waals surface area contributed by atoms with Crippen LogP contribution in [0.5, 0.6) is 0 Å². The second-order valence-electron chi connectivity index (χ2n) is 4.81. The van der Waals surface area contributed by atoms with Gasteiger partial charge >= 0.3 is 11.1 Å². The van der Waals surface area contributed by atoms with E-state index in [1.165, 1.54) is 24.0 Å². The van der Waals surface area contributed by atoms with Gasteiger partial charge < -0.3 is 9.97 Å². The van der Waals surface area contributed by atoms with Gasteiger partial charge in [-0.2, -0.15) is 5.26 Å². The highest BCUT2D eigenvalue weighted by atomic mass is 32.2. The van der Waals surface area contributed by atoms with Crippen LogP contribution < -0.4 is 11.1 Å². The van der Waals surface area contributed by atoms with Crippen molar-refractivity contribution in [2.45, 2.75) is 10.6 Å². The maximum atomic E-state index is 14.0. The van der Waals surface area contributed by atoms with Crippen LogP contribution >= 0.6 is 11.8 Å². The van der Waals surface area contributed by atoms with Crippen molar-refractivity contribution in [1.29, 1.82) is 5.26 Å². The quantitative estimate of drug-likeness (QED) is 0.571. The summed E-state index contributed by atoms with van der Waals surface area (Å²) >= 11 is 1.44. The third-order valence-corrected chi connectivity index (χ3v) is 4.34. The summed E-state index contributed by atoms with van der Waals surface area (Å²) in [6.45, 7) is 0. The molecule has 114 valence electrons. The van der Waals surface area contributed by atoms with Crippen LogP contribution in [0, 0.1) is 17.1 Å². The summed E-state index contributed by atoms with van der Waals surface area (Å²) in [5.41, 5.74) is -0.768. The zero-order chi connectivity index (χ0) is 16.4. The zero-order valence-corrected chi connectivity index (χ0v) is 12.5. The van der Waals surface area contributed by atoms with E-state index in [2.05, 4.69) is 9.97 Å². The minimum atomic E-state index is -0.687. The Bertz CT molecular complexity index is 1050. The van der Waals surface area contributed by atoms with E-state index in [-0.39, 0.29) is 5.56 Å². The van der Waals surface area contributed by atoms with Gasteiger partial charge in [-0.25, -0.2) is 4.39 Å². The molecule has 3 rings (SSSR count). The van der Waals surface area contributed by atoms with Crippen LogP contribution in [0.1, 0.15) is 11.3 Å². The lowest BCUT2D eigenvalue weighted by Gasteiger charge is -2.05. The van der Waals surface area contributed by atoms with Crippen molar-refractivity contribution in [1.82, 2.24) is 9.97 Å². The molecule has 0 saturated heterocycles. The molecule has 0 bridgehead atoms. The number of thioether (sulfide) groups is 1. The summed E-state index contributed by atoms with van der Waals surface area (Å²) < 4.78 is 14.0. The number of nitriles is 1. The molecule has 1 aromatic heterocycles. The molecule has 3 aromatic rings. The highest BCUT2D eigenvalue weighted by molar-refractivity contribution is 7.98. The first-order chi connectivity index (χ1) is 11.1. The first-order valence-electron chi connectivity index (χ1n) is 6.64. The summed E-state index contributed by atoms with van der Waals surface area (Å²) in [5, 5.41) is 9.93. The molecule has 2 aromatic carbocycles. The summed E-state index contributed by atoms with van der Waals surface area (Å²) in [6, 6.07) is 10.2. The third-order valence-electron chi connectivity index (χ3n) is 3.30. The Morgan fingerprint density at radius 1 is 1.17 bits per heavy atom. The van der Waals surface area contributed by atoms with Gasteiger partial charge in [-0.1, -0.05) is 12.1 Å². The lowest BCUT2D eigenvalue weighted by atomic mass is 10.1. The van der Waals surface area contributed by atoms with Crippen LogP contribution in [-0.4, -0.2) is 9.97 Å². The number of fused-ring (bicyclic) bond motifs is 1. The van der Waals surface area contributed by atoms with Crippen LogP contribution in [0.2, 0.25) is 0 Å². The van der Waals surface area contributed by atoms with Crippen molar-refractivity contribution in [3.8, 4) is 6.07 Å². The SMILES string of the molecule is N#Cc1ccc2cc(SCc3c[nH]c(=O)c(=O)[nH]3)ccc2c1F. The molecular weight excluding hydrogens is 317 g/mol. The number of hydrogen-bond acceptors (Lipinski definition) is 4. The molecule has 0 unspecified atom stereocenters. The van der Waals surface area contributed by atoms with Gasteiger partial charge in [-0.15, -0.1) is 11.8 Å². The van der Waals surface area contributed by atoms with Gasteiger partial charge in [0.05, 0.1) is 5.56 Å². The molecular formula is C16H10FN3O2S. The first kappa shape index (κ1) is 15.1. The average Bonchev–Trinajstić information content (AvgIpc) is 2.56. The van der Waals surface area contributed by atoms with Crippen LogP contribution in [0.3, 0.4) is 0 Å². The van der Waals surface area contributed by atoms with Crippen LogP contribution in [0.4, 0.5) is 4.39 Å². The molecule has 0 saturated carbocycles. The second kappa shape index (κ2) is 6.10. The van der Waals surface area contributed by atoms with Crippen LogP contribution in [0.25, 0.3) is 10.8 Å². The summed E-state index contributed by atoms with van der Waals surface area (Å²) in [6.07, 6.45) is 1.46. The topological polar surface area (TPSA) is 89.5 Å². The third kappa shape index (κ3) is 3.03. The van der Waals surface area contributed by atoms with E-state index in [1.54, 1.807) is 18.2 Å². The number of benzene rings is 2. The van der Waals surface area contributed by atoms with E-state index in [0.717, 1.165) is 4.90 Å². The number of nitrogens with zero attached hydrogens (tertiary/aromatic N) is 1. The molecule has 0 spiro atoms. The normalized spacial score (nSPS) is 10.6. The summed E-state index contributed by atoms with van der Waals surface area (Å²) in [7, 11) is 0. The fourth-order valence-electron chi connectivity index (χ4n) is 2.14. The highest BCUT2D eigenvalue weighted by Gasteiger charge is 2.08. The molecule has 0 radical (unpaired) electrons. The van der Waals surface area contributed by atoms with Gasteiger partial charge in [0.2, 0.25) is 0 Å². The van der Waals surface area contributed by atoms with Crippen molar-refractivity contribution in [2.75, 3.05) is 0 Å². The molecule has 0 aliphatic heterocycles. The maximum absolute atomic E-state index is 14.0. The Morgan fingerprint density at radius 2 is 2.00 bits per heavy atom. The molecule has 1 heterocycles. The Balaban J connectivity index is 1.86. The van der Waals surface area contributed by atoms with Crippen molar-refractivity contribution in [3.63, 3.8) is 0 Å². The van der Waals surface area contributed by atoms with E-state index in [4.69, 9.17) is 5.26 Å². The summed E-state index contributed by atoms with van der Waals surface area (Å²) in [5.74, 6) is -0.0671. The van der Waals surface area contributed by atoms with Crippen molar-refractivity contribution in [2.24, 2.45) is 0 Å². The Hall–Kier alpha value is -2.85. The number of aromatic nitrogens is 2. The van der Waals surface area contributed by atoms with E-state index in [9.17, 15) is 14.0 Å². The van der Waals surface area contributed by atoms with Gasteiger partial charge in [0.15, 0.2) is 0 Å². The molecule has 5 nitrogen and oxygen atoms in total.